The van der Waals surface area contributed by atoms with Gasteiger partial charge in [-0.15, -0.1) is 0 Å². The van der Waals surface area contributed by atoms with Gasteiger partial charge in [0.15, 0.2) is 0 Å². The molecule has 4 heteroatoms. The Hall–Kier alpha value is -1.55. The van der Waals surface area contributed by atoms with E-state index in [4.69, 9.17) is 4.74 Å². The van der Waals surface area contributed by atoms with E-state index in [1.54, 1.807) is 7.11 Å². The Morgan fingerprint density at radius 2 is 2.33 bits per heavy atom. The Morgan fingerprint density at radius 3 is 3.00 bits per heavy atom. The van der Waals surface area contributed by atoms with Crippen molar-refractivity contribution in [1.29, 1.82) is 0 Å². The lowest BCUT2D eigenvalue weighted by Gasteiger charge is -2.23. The van der Waals surface area contributed by atoms with Crippen LogP contribution in [-0.4, -0.2) is 36.2 Å². The fourth-order valence-corrected chi connectivity index (χ4v) is 4.08. The molecular weight excluding hydrogens is 266 g/mol. The summed E-state index contributed by atoms with van der Waals surface area (Å²) in [6, 6.07) is 6.24. The fourth-order valence-electron chi connectivity index (χ4n) is 4.08. The molecule has 3 rings (SSSR count). The van der Waals surface area contributed by atoms with Crippen LogP contribution in [0.3, 0.4) is 0 Å². The second kappa shape index (κ2) is 5.34. The molecule has 0 radical (unpaired) electrons. The van der Waals surface area contributed by atoms with Gasteiger partial charge in [0.05, 0.1) is 12.5 Å². The van der Waals surface area contributed by atoms with Crippen LogP contribution >= 0.6 is 0 Å². The van der Waals surface area contributed by atoms with Crippen LogP contribution in [0.15, 0.2) is 18.2 Å². The number of carboxylic acids is 1. The minimum absolute atomic E-state index is 0.322. The molecule has 2 aliphatic rings. The average molecular weight is 289 g/mol. The van der Waals surface area contributed by atoms with E-state index in [1.807, 2.05) is 6.92 Å². The molecule has 21 heavy (non-hydrogen) atoms. The van der Waals surface area contributed by atoms with Crippen molar-refractivity contribution < 1.29 is 14.6 Å². The summed E-state index contributed by atoms with van der Waals surface area (Å²) in [5.41, 5.74) is 1.83. The molecule has 1 aromatic rings. The highest BCUT2D eigenvalue weighted by Crippen LogP contribution is 2.49. The molecule has 1 aliphatic carbocycles. The Kier molecular flexibility index (Phi) is 3.66. The molecule has 0 aromatic heterocycles. The third-order valence-corrected chi connectivity index (χ3v) is 5.25. The van der Waals surface area contributed by atoms with E-state index in [2.05, 4.69) is 23.1 Å². The van der Waals surface area contributed by atoms with E-state index in [0.717, 1.165) is 43.7 Å². The first-order chi connectivity index (χ1) is 10.0. The molecule has 1 saturated heterocycles. The number of ether oxygens (including phenoxy) is 1. The monoisotopic (exact) mass is 289 g/mol. The van der Waals surface area contributed by atoms with Gasteiger partial charge >= 0.3 is 5.97 Å². The largest absolute Gasteiger partial charge is 0.496 e. The van der Waals surface area contributed by atoms with Gasteiger partial charge in [-0.25, -0.2) is 0 Å². The number of aryl methyl sites for hydroxylation is 1. The minimum atomic E-state index is -0.603. The van der Waals surface area contributed by atoms with Gasteiger partial charge in [-0.1, -0.05) is 18.6 Å². The predicted molar refractivity (Wildman–Crippen MR) is 80.4 cm³/mol. The molecule has 114 valence electrons. The van der Waals surface area contributed by atoms with Crippen LogP contribution in [0, 0.1) is 18.3 Å². The number of likely N-dealkylation sites (tertiary alicyclic amines) is 1. The van der Waals surface area contributed by atoms with Crippen molar-refractivity contribution in [3.05, 3.63) is 29.3 Å². The first kappa shape index (κ1) is 14.4. The van der Waals surface area contributed by atoms with Crippen molar-refractivity contribution in [1.82, 2.24) is 4.90 Å². The molecule has 1 N–H and O–H groups in total. The fraction of sp³-hybridized carbons (Fsp3) is 0.588. The lowest BCUT2D eigenvalue weighted by Crippen LogP contribution is -2.35. The first-order valence-corrected chi connectivity index (χ1v) is 7.64. The van der Waals surface area contributed by atoms with E-state index in [-0.39, 0.29) is 0 Å². The van der Waals surface area contributed by atoms with Crippen LogP contribution in [-0.2, 0) is 11.3 Å². The summed E-state index contributed by atoms with van der Waals surface area (Å²) >= 11 is 0. The van der Waals surface area contributed by atoms with Gasteiger partial charge in [-0.05, 0) is 42.9 Å². The molecular formula is C17H23NO3. The highest BCUT2D eigenvalue weighted by molar-refractivity contribution is 5.76. The van der Waals surface area contributed by atoms with Crippen LogP contribution in [0.1, 0.15) is 30.4 Å². The summed E-state index contributed by atoms with van der Waals surface area (Å²) in [6.45, 7) is 4.43. The van der Waals surface area contributed by atoms with Gasteiger partial charge < -0.3 is 9.84 Å². The Bertz CT molecular complexity index is 557. The summed E-state index contributed by atoms with van der Waals surface area (Å²) in [7, 11) is 1.69. The van der Waals surface area contributed by atoms with E-state index >= 15 is 0 Å². The zero-order valence-corrected chi connectivity index (χ0v) is 12.8. The molecule has 1 saturated carbocycles. The molecule has 0 bridgehead atoms. The number of aliphatic carboxylic acids is 1. The third-order valence-electron chi connectivity index (χ3n) is 5.25. The van der Waals surface area contributed by atoms with Crippen molar-refractivity contribution in [3.63, 3.8) is 0 Å². The molecule has 4 nitrogen and oxygen atoms in total. The molecule has 2 fully saturated rings. The number of methoxy groups -OCH3 is 1. The smallest absolute Gasteiger partial charge is 0.311 e. The first-order valence-electron chi connectivity index (χ1n) is 7.64. The lowest BCUT2D eigenvalue weighted by molar-refractivity contribution is -0.149. The minimum Gasteiger partial charge on any atom is -0.496 e. The predicted octanol–water partition coefficient (Wildman–Crippen LogP) is 2.69. The number of carboxylic acid groups (broad SMARTS) is 1. The molecule has 0 amide bonds. The number of benzene rings is 1. The number of hydrogen-bond donors (Lipinski definition) is 1. The molecule has 0 unspecified atom stereocenters. The van der Waals surface area contributed by atoms with Gasteiger partial charge in [-0.3, -0.25) is 9.69 Å². The van der Waals surface area contributed by atoms with Crippen molar-refractivity contribution in [2.75, 3.05) is 20.2 Å². The van der Waals surface area contributed by atoms with Gasteiger partial charge in [-0.2, -0.15) is 0 Å². The SMILES string of the molecule is COc1cc(CN2C[C@@H]3CCC[C@@]3(C(=O)O)C2)ccc1C. The molecule has 1 aliphatic heterocycles. The standard InChI is InChI=1S/C17H23NO3/c1-12-5-6-13(8-15(12)21-2)9-18-10-14-4-3-7-17(14,11-18)16(19)20/h5-6,8,14H,3-4,7,9-11H2,1-2H3,(H,19,20)/t14-,17+/m0/s1. The second-order valence-electron chi connectivity index (χ2n) is 6.52. The second-order valence-corrected chi connectivity index (χ2v) is 6.52. The summed E-state index contributed by atoms with van der Waals surface area (Å²) in [4.78, 5) is 14.0. The van der Waals surface area contributed by atoms with E-state index in [9.17, 15) is 9.90 Å². The molecule has 1 aromatic carbocycles. The zero-order chi connectivity index (χ0) is 15.0. The maximum atomic E-state index is 11.7. The molecule has 2 atom stereocenters. The van der Waals surface area contributed by atoms with Crippen LogP contribution in [0.4, 0.5) is 0 Å². The van der Waals surface area contributed by atoms with Crippen molar-refractivity contribution in [3.8, 4) is 5.75 Å². The van der Waals surface area contributed by atoms with Crippen LogP contribution in [0.25, 0.3) is 0 Å². The van der Waals surface area contributed by atoms with Crippen molar-refractivity contribution in [2.45, 2.75) is 32.7 Å². The maximum Gasteiger partial charge on any atom is 0.311 e. The highest BCUT2D eigenvalue weighted by atomic mass is 16.5. The molecule has 1 heterocycles. The summed E-state index contributed by atoms with van der Waals surface area (Å²) in [6.07, 6.45) is 2.95. The summed E-state index contributed by atoms with van der Waals surface area (Å²) in [5.74, 6) is 0.621. The Labute approximate surface area is 125 Å². The summed E-state index contributed by atoms with van der Waals surface area (Å²) in [5, 5.41) is 9.63. The Balaban J connectivity index is 1.74. The summed E-state index contributed by atoms with van der Waals surface area (Å²) < 4.78 is 5.37. The van der Waals surface area contributed by atoms with Crippen molar-refractivity contribution in [2.24, 2.45) is 11.3 Å². The normalized spacial score (nSPS) is 28.6. The average Bonchev–Trinajstić information content (AvgIpc) is 2.98. The van der Waals surface area contributed by atoms with Gasteiger partial charge in [0.2, 0.25) is 0 Å². The third kappa shape index (κ3) is 2.42. The van der Waals surface area contributed by atoms with Crippen LogP contribution in [0.2, 0.25) is 0 Å². The van der Waals surface area contributed by atoms with Crippen LogP contribution in [0.5, 0.6) is 5.75 Å². The number of hydrogen-bond acceptors (Lipinski definition) is 3. The number of rotatable bonds is 4. The lowest BCUT2D eigenvalue weighted by atomic mass is 9.81. The van der Waals surface area contributed by atoms with E-state index < -0.39 is 11.4 Å². The quantitative estimate of drug-likeness (QED) is 0.926. The maximum absolute atomic E-state index is 11.7. The van der Waals surface area contributed by atoms with Gasteiger partial charge in [0.25, 0.3) is 0 Å². The van der Waals surface area contributed by atoms with E-state index in [1.165, 1.54) is 5.56 Å². The number of nitrogens with zero attached hydrogens (tertiary/aromatic N) is 1. The number of fused-ring (bicyclic) bond motifs is 1. The highest BCUT2D eigenvalue weighted by Gasteiger charge is 2.54. The number of carbonyl (C=O) groups is 1. The van der Waals surface area contributed by atoms with Crippen LogP contribution < -0.4 is 4.74 Å². The zero-order valence-electron chi connectivity index (χ0n) is 12.8. The van der Waals surface area contributed by atoms with Gasteiger partial charge in [0.1, 0.15) is 5.75 Å². The topological polar surface area (TPSA) is 49.8 Å². The van der Waals surface area contributed by atoms with E-state index in [0.29, 0.717) is 12.5 Å². The Morgan fingerprint density at radius 1 is 1.52 bits per heavy atom. The van der Waals surface area contributed by atoms with Gasteiger partial charge in [0, 0.05) is 19.6 Å². The molecule has 0 spiro atoms. The van der Waals surface area contributed by atoms with Crippen molar-refractivity contribution >= 4 is 5.97 Å².